The fourth-order valence-corrected chi connectivity index (χ4v) is 1.97. The average molecular weight is 380 g/mol. The van der Waals surface area contributed by atoms with E-state index in [4.69, 9.17) is 0 Å². The van der Waals surface area contributed by atoms with Crippen molar-refractivity contribution in [3.05, 3.63) is 72.3 Å². The fraction of sp³-hybridized carbons (Fsp3) is 0.0526. The van der Waals surface area contributed by atoms with Crippen LogP contribution in [0.25, 0.3) is 11.1 Å². The third-order valence-corrected chi connectivity index (χ3v) is 3.31. The second-order valence-electron chi connectivity index (χ2n) is 5.27. The number of hydrogen-bond acceptors (Lipinski definition) is 4. The lowest BCUT2D eigenvalue weighted by Crippen LogP contribution is -2.10. The first-order chi connectivity index (χ1) is 12.7. The van der Waals surface area contributed by atoms with E-state index < -0.39 is 57.8 Å². The maximum absolute atomic E-state index is 14.3. The third kappa shape index (κ3) is 4.05. The first-order valence-electron chi connectivity index (χ1n) is 7.35. The highest BCUT2D eigenvalue weighted by Crippen LogP contribution is 2.34. The van der Waals surface area contributed by atoms with Crippen molar-refractivity contribution < 1.29 is 36.6 Å². The van der Waals surface area contributed by atoms with E-state index >= 15 is 0 Å². The lowest BCUT2D eigenvalue weighted by molar-refractivity contribution is -0.130. The smallest absolute Gasteiger partial charge is 0.338 e. The number of rotatable bonds is 5. The molecule has 4 nitrogen and oxygen atoms in total. The first-order valence-corrected chi connectivity index (χ1v) is 7.35. The zero-order valence-corrected chi connectivity index (χ0v) is 13.9. The maximum Gasteiger partial charge on any atom is 0.338 e. The number of carbonyl (C=O) groups is 2. The molecule has 0 radical (unpaired) electrons. The number of esters is 2. The summed E-state index contributed by atoms with van der Waals surface area (Å²) in [6.45, 7) is 7.72. The maximum atomic E-state index is 14.3. The van der Waals surface area contributed by atoms with Crippen LogP contribution >= 0.6 is 0 Å². The topological polar surface area (TPSA) is 52.6 Å². The van der Waals surface area contributed by atoms with Gasteiger partial charge in [0.25, 0.3) is 0 Å². The molecular formula is C19H12F4O4. The van der Waals surface area contributed by atoms with Crippen LogP contribution in [0, 0.1) is 23.3 Å². The van der Waals surface area contributed by atoms with Crippen LogP contribution in [0.1, 0.15) is 6.92 Å². The summed E-state index contributed by atoms with van der Waals surface area (Å²) in [5.41, 5.74) is -1.29. The summed E-state index contributed by atoms with van der Waals surface area (Å²) in [5.74, 6) is -9.74. The SMILES string of the molecule is C=CC(=O)Oc1ccc(-c2ccc(OC(=O)C(=C)C)c(F)c2F)c(F)c1F. The summed E-state index contributed by atoms with van der Waals surface area (Å²) in [5, 5.41) is 0. The van der Waals surface area contributed by atoms with E-state index in [9.17, 15) is 27.2 Å². The van der Waals surface area contributed by atoms with Gasteiger partial charge in [-0.1, -0.05) is 13.2 Å². The van der Waals surface area contributed by atoms with Crippen LogP contribution < -0.4 is 9.47 Å². The molecule has 0 fully saturated rings. The molecule has 0 saturated heterocycles. The van der Waals surface area contributed by atoms with Crippen LogP contribution in [0.5, 0.6) is 11.5 Å². The normalized spacial score (nSPS) is 10.3. The standard InChI is InChI=1S/C19H12F4O4/c1-4-14(24)26-12-7-5-10(15(20)17(12)22)11-6-8-13(18(23)16(11)21)27-19(25)9(2)3/h4-8H,1-2H2,3H3. The molecule has 0 amide bonds. The summed E-state index contributed by atoms with van der Waals surface area (Å²) in [6, 6.07) is 3.58. The van der Waals surface area contributed by atoms with E-state index in [0.717, 1.165) is 30.3 Å². The molecule has 27 heavy (non-hydrogen) atoms. The van der Waals surface area contributed by atoms with Gasteiger partial charge in [0.2, 0.25) is 11.6 Å². The van der Waals surface area contributed by atoms with E-state index in [1.807, 2.05) is 0 Å². The van der Waals surface area contributed by atoms with Crippen molar-refractivity contribution in [1.82, 2.24) is 0 Å². The van der Waals surface area contributed by atoms with Crippen molar-refractivity contribution in [2.45, 2.75) is 6.92 Å². The Kier molecular flexibility index (Phi) is 5.79. The van der Waals surface area contributed by atoms with Gasteiger partial charge in [0.15, 0.2) is 23.1 Å². The van der Waals surface area contributed by atoms with Gasteiger partial charge in [-0.25, -0.2) is 18.4 Å². The molecule has 2 aromatic rings. The van der Waals surface area contributed by atoms with Gasteiger partial charge in [0, 0.05) is 22.8 Å². The fourth-order valence-electron chi connectivity index (χ4n) is 1.97. The van der Waals surface area contributed by atoms with Crippen LogP contribution in [0.15, 0.2) is 49.1 Å². The summed E-state index contributed by atoms with van der Waals surface area (Å²) in [7, 11) is 0. The van der Waals surface area contributed by atoms with Crippen LogP contribution in [0.3, 0.4) is 0 Å². The molecule has 0 N–H and O–H groups in total. The predicted octanol–water partition coefficient (Wildman–Crippen LogP) is 4.48. The van der Waals surface area contributed by atoms with Crippen LogP contribution in [0.4, 0.5) is 17.6 Å². The van der Waals surface area contributed by atoms with Crippen molar-refractivity contribution in [1.29, 1.82) is 0 Å². The summed E-state index contributed by atoms with van der Waals surface area (Å²) < 4.78 is 65.8. The molecule has 0 saturated carbocycles. The Morgan fingerprint density at radius 3 is 1.70 bits per heavy atom. The number of hydrogen-bond donors (Lipinski definition) is 0. The molecule has 2 aromatic carbocycles. The molecule has 140 valence electrons. The molecule has 0 unspecified atom stereocenters. The van der Waals surface area contributed by atoms with Gasteiger partial charge in [-0.3, -0.25) is 0 Å². The van der Waals surface area contributed by atoms with Gasteiger partial charge in [-0.05, 0) is 31.2 Å². The summed E-state index contributed by atoms with van der Waals surface area (Å²) >= 11 is 0. The number of ether oxygens (including phenoxy) is 2. The second kappa shape index (κ2) is 7.86. The van der Waals surface area contributed by atoms with Crippen LogP contribution in [-0.4, -0.2) is 11.9 Å². The minimum Gasteiger partial charge on any atom is -0.420 e. The monoisotopic (exact) mass is 380 g/mol. The Morgan fingerprint density at radius 2 is 1.30 bits per heavy atom. The van der Waals surface area contributed by atoms with Gasteiger partial charge in [-0.2, -0.15) is 8.78 Å². The van der Waals surface area contributed by atoms with Crippen LogP contribution in [-0.2, 0) is 9.59 Å². The van der Waals surface area contributed by atoms with Crippen molar-refractivity contribution in [2.24, 2.45) is 0 Å². The average Bonchev–Trinajstić information content (AvgIpc) is 2.63. The highest BCUT2D eigenvalue weighted by atomic mass is 19.2. The van der Waals surface area contributed by atoms with Gasteiger partial charge in [-0.15, -0.1) is 0 Å². The van der Waals surface area contributed by atoms with Crippen molar-refractivity contribution in [2.75, 3.05) is 0 Å². The largest absolute Gasteiger partial charge is 0.420 e. The highest BCUT2D eigenvalue weighted by Gasteiger charge is 2.23. The van der Waals surface area contributed by atoms with Gasteiger partial charge in [0.1, 0.15) is 0 Å². The zero-order chi connectivity index (χ0) is 20.3. The molecule has 2 rings (SSSR count). The van der Waals surface area contributed by atoms with E-state index in [1.54, 1.807) is 0 Å². The predicted molar refractivity (Wildman–Crippen MR) is 88.0 cm³/mol. The zero-order valence-electron chi connectivity index (χ0n) is 13.9. The number of halogens is 4. The minimum atomic E-state index is -1.57. The highest BCUT2D eigenvalue weighted by molar-refractivity contribution is 5.89. The van der Waals surface area contributed by atoms with Crippen LogP contribution in [0.2, 0.25) is 0 Å². The van der Waals surface area contributed by atoms with Gasteiger partial charge in [0.05, 0.1) is 0 Å². The molecule has 0 aromatic heterocycles. The van der Waals surface area contributed by atoms with E-state index in [0.29, 0.717) is 0 Å². The van der Waals surface area contributed by atoms with Gasteiger partial charge >= 0.3 is 11.9 Å². The Labute approximate surface area is 151 Å². The van der Waals surface area contributed by atoms with Crippen molar-refractivity contribution in [3.63, 3.8) is 0 Å². The molecular weight excluding hydrogens is 368 g/mol. The first kappa shape index (κ1) is 19.9. The number of benzene rings is 2. The quantitative estimate of drug-likeness (QED) is 0.332. The lowest BCUT2D eigenvalue weighted by Gasteiger charge is -2.11. The number of carbonyl (C=O) groups excluding carboxylic acids is 2. The van der Waals surface area contributed by atoms with E-state index in [1.165, 1.54) is 6.92 Å². The second-order valence-corrected chi connectivity index (χ2v) is 5.27. The van der Waals surface area contributed by atoms with Gasteiger partial charge < -0.3 is 9.47 Å². The van der Waals surface area contributed by atoms with E-state index in [2.05, 4.69) is 22.6 Å². The molecule has 8 heteroatoms. The summed E-state index contributed by atoms with van der Waals surface area (Å²) in [4.78, 5) is 22.5. The third-order valence-electron chi connectivity index (χ3n) is 3.31. The van der Waals surface area contributed by atoms with Crippen molar-refractivity contribution >= 4 is 11.9 Å². The Balaban J connectivity index is 2.47. The van der Waals surface area contributed by atoms with E-state index in [-0.39, 0.29) is 5.57 Å². The Bertz CT molecular complexity index is 967. The lowest BCUT2D eigenvalue weighted by atomic mass is 10.0. The Hall–Kier alpha value is -3.42. The minimum absolute atomic E-state index is 0.0448. The molecule has 0 aliphatic rings. The van der Waals surface area contributed by atoms with Crippen molar-refractivity contribution in [3.8, 4) is 22.6 Å². The summed E-state index contributed by atoms with van der Waals surface area (Å²) in [6.07, 6.45) is 0.741. The molecule has 0 aliphatic heterocycles. The molecule has 0 aliphatic carbocycles. The molecule has 0 heterocycles. The molecule has 0 atom stereocenters. The molecule has 0 bridgehead atoms. The Morgan fingerprint density at radius 1 is 0.852 bits per heavy atom. The molecule has 0 spiro atoms.